The van der Waals surface area contributed by atoms with Crippen molar-refractivity contribution >= 4 is 17.6 Å². The molecule has 0 aliphatic carbocycles. The Morgan fingerprint density at radius 2 is 2.00 bits per heavy atom. The minimum Gasteiger partial charge on any atom is -0.323 e. The lowest BCUT2D eigenvalue weighted by molar-refractivity contribution is -0.320. The Hall–Kier alpha value is -2.04. The third-order valence-electron chi connectivity index (χ3n) is 1.52. The molecule has 0 radical (unpaired) electrons. The third-order valence-corrected chi connectivity index (χ3v) is 1.52. The largest absolute Gasteiger partial charge is 0.323 e. The van der Waals surface area contributed by atoms with E-state index in [2.05, 4.69) is 9.98 Å². The standard InChI is InChI=1S/C9H13N5/c1-6-3-2-4-7(5-6)13-9(12)14-8(10)11/h2-5H,1H3,(H6,10,11,12,13,14)/p+1. The summed E-state index contributed by atoms with van der Waals surface area (Å²) < 4.78 is 0. The number of guanidine groups is 2. The van der Waals surface area contributed by atoms with Gasteiger partial charge in [-0.2, -0.15) is 0 Å². The van der Waals surface area contributed by atoms with E-state index in [1.54, 1.807) is 0 Å². The van der Waals surface area contributed by atoms with Gasteiger partial charge >= 0.3 is 5.96 Å². The number of nitrogens with one attached hydrogen (secondary N) is 1. The van der Waals surface area contributed by atoms with Gasteiger partial charge < -0.3 is 17.2 Å². The Morgan fingerprint density at radius 3 is 2.57 bits per heavy atom. The van der Waals surface area contributed by atoms with Gasteiger partial charge in [0.05, 0.1) is 0 Å². The summed E-state index contributed by atoms with van der Waals surface area (Å²) in [5.74, 6) is 0.203. The predicted octanol–water partition coefficient (Wildman–Crippen LogP) is -1.70. The lowest BCUT2D eigenvalue weighted by atomic mass is 10.2. The summed E-state index contributed by atoms with van der Waals surface area (Å²) in [4.78, 5) is 6.57. The molecule has 0 aliphatic heterocycles. The second-order valence-corrected chi connectivity index (χ2v) is 2.92. The van der Waals surface area contributed by atoms with Crippen LogP contribution in [0.4, 0.5) is 5.69 Å². The molecule has 0 amide bonds. The van der Waals surface area contributed by atoms with Crippen LogP contribution in [0.15, 0.2) is 29.3 Å². The normalized spacial score (nSPS) is 11.1. The fourth-order valence-electron chi connectivity index (χ4n) is 1.01. The molecule has 0 bridgehead atoms. The van der Waals surface area contributed by atoms with Crippen molar-refractivity contribution in [2.45, 2.75) is 6.92 Å². The van der Waals surface area contributed by atoms with Crippen molar-refractivity contribution in [2.24, 2.45) is 22.2 Å². The van der Waals surface area contributed by atoms with Gasteiger partial charge in [-0.15, -0.1) is 4.99 Å². The molecule has 74 valence electrons. The van der Waals surface area contributed by atoms with Gasteiger partial charge in [-0.25, -0.2) is 4.99 Å². The van der Waals surface area contributed by atoms with Crippen LogP contribution in [0.1, 0.15) is 5.56 Å². The van der Waals surface area contributed by atoms with Crippen molar-refractivity contribution in [2.75, 3.05) is 0 Å². The van der Waals surface area contributed by atoms with Crippen LogP contribution in [0, 0.1) is 6.92 Å². The van der Waals surface area contributed by atoms with Crippen molar-refractivity contribution in [3.63, 3.8) is 0 Å². The fraction of sp³-hybridized carbons (Fsp3) is 0.111. The van der Waals surface area contributed by atoms with Gasteiger partial charge in [-0.05, 0) is 24.6 Å². The van der Waals surface area contributed by atoms with Crippen molar-refractivity contribution in [1.29, 1.82) is 0 Å². The first-order valence-electron chi connectivity index (χ1n) is 4.13. The van der Waals surface area contributed by atoms with Crippen LogP contribution in [0.3, 0.4) is 0 Å². The van der Waals surface area contributed by atoms with Crippen LogP contribution in [-0.4, -0.2) is 11.9 Å². The number of hydrogen-bond donors (Lipinski definition) is 4. The molecule has 0 fully saturated rings. The van der Waals surface area contributed by atoms with Gasteiger partial charge in [-0.1, -0.05) is 12.1 Å². The van der Waals surface area contributed by atoms with Gasteiger partial charge in [-0.3, -0.25) is 0 Å². The predicted molar refractivity (Wildman–Crippen MR) is 56.8 cm³/mol. The van der Waals surface area contributed by atoms with Gasteiger partial charge in [0.2, 0.25) is 0 Å². The average Bonchev–Trinajstić information content (AvgIpc) is 2.01. The Kier molecular flexibility index (Phi) is 3.06. The molecular formula is C9H14N5+. The molecule has 0 aliphatic rings. The number of nitrogens with zero attached hydrogens (tertiary/aromatic N) is 1. The summed E-state index contributed by atoms with van der Waals surface area (Å²) in [6, 6.07) is 7.62. The monoisotopic (exact) mass is 192 g/mol. The van der Waals surface area contributed by atoms with E-state index >= 15 is 0 Å². The molecule has 5 heteroatoms. The molecule has 0 heterocycles. The van der Waals surface area contributed by atoms with Crippen molar-refractivity contribution in [3.05, 3.63) is 29.8 Å². The molecule has 0 spiro atoms. The molecule has 0 saturated carbocycles. The molecule has 0 atom stereocenters. The first-order valence-corrected chi connectivity index (χ1v) is 4.13. The number of benzene rings is 1. The summed E-state index contributed by atoms with van der Waals surface area (Å²) >= 11 is 0. The maximum Gasteiger partial charge on any atom is 0.316 e. The van der Waals surface area contributed by atoms with E-state index in [4.69, 9.17) is 17.2 Å². The fourth-order valence-corrected chi connectivity index (χ4v) is 1.01. The highest BCUT2D eigenvalue weighted by Crippen LogP contribution is 2.12. The zero-order chi connectivity index (χ0) is 10.6. The Morgan fingerprint density at radius 1 is 1.29 bits per heavy atom. The Bertz CT molecular complexity index is 377. The minimum absolute atomic E-state index is 0.0268. The second kappa shape index (κ2) is 4.27. The van der Waals surface area contributed by atoms with E-state index in [0.29, 0.717) is 0 Å². The maximum atomic E-state index is 5.51. The molecule has 0 saturated heterocycles. The number of aryl methyl sites for hydroxylation is 1. The highest BCUT2D eigenvalue weighted by atomic mass is 15.1. The summed E-state index contributed by atoms with van der Waals surface area (Å²) in [5, 5.41) is 0. The molecule has 0 unspecified atom stereocenters. The van der Waals surface area contributed by atoms with E-state index in [1.165, 1.54) is 0 Å². The summed E-state index contributed by atoms with van der Waals surface area (Å²) in [6.07, 6.45) is 0. The Balaban J connectivity index is 2.92. The molecule has 7 N–H and O–H groups in total. The van der Waals surface area contributed by atoms with Crippen molar-refractivity contribution < 1.29 is 4.99 Å². The highest BCUT2D eigenvalue weighted by Gasteiger charge is 1.96. The van der Waals surface area contributed by atoms with Crippen LogP contribution in [0.2, 0.25) is 0 Å². The van der Waals surface area contributed by atoms with E-state index < -0.39 is 0 Å². The summed E-state index contributed by atoms with van der Waals surface area (Å²) in [6.45, 7) is 1.98. The van der Waals surface area contributed by atoms with Gasteiger partial charge in [0, 0.05) is 0 Å². The number of hydrogen-bond acceptors (Lipinski definition) is 1. The summed E-state index contributed by atoms with van der Waals surface area (Å²) in [5.41, 5.74) is 17.8. The smallest absolute Gasteiger partial charge is 0.316 e. The maximum absolute atomic E-state index is 5.51. The highest BCUT2D eigenvalue weighted by molar-refractivity contribution is 5.79. The summed E-state index contributed by atoms with van der Waals surface area (Å²) in [7, 11) is 0. The van der Waals surface area contributed by atoms with Gasteiger partial charge in [0.25, 0.3) is 5.96 Å². The first kappa shape index (κ1) is 10.0. The van der Waals surface area contributed by atoms with Crippen molar-refractivity contribution in [1.82, 2.24) is 0 Å². The van der Waals surface area contributed by atoms with E-state index in [9.17, 15) is 0 Å². The molecule has 5 nitrogen and oxygen atoms in total. The zero-order valence-corrected chi connectivity index (χ0v) is 7.99. The third kappa shape index (κ3) is 3.14. The Labute approximate surface area is 82.3 Å². The van der Waals surface area contributed by atoms with Crippen LogP contribution < -0.4 is 22.2 Å². The molecule has 14 heavy (non-hydrogen) atoms. The SMILES string of the molecule is Cc1cccc(N=C(N)[NH+]=C(N)N)c1. The molecule has 0 aromatic heterocycles. The minimum atomic E-state index is 0.0268. The van der Waals surface area contributed by atoms with E-state index in [0.717, 1.165) is 11.3 Å². The number of nitrogens with two attached hydrogens (primary N) is 3. The second-order valence-electron chi connectivity index (χ2n) is 2.92. The lowest BCUT2D eigenvalue weighted by Crippen LogP contribution is -2.84. The first-order chi connectivity index (χ1) is 6.58. The average molecular weight is 192 g/mol. The van der Waals surface area contributed by atoms with E-state index in [1.807, 2.05) is 31.2 Å². The zero-order valence-electron chi connectivity index (χ0n) is 7.99. The van der Waals surface area contributed by atoms with E-state index in [-0.39, 0.29) is 11.9 Å². The van der Waals surface area contributed by atoms with Crippen LogP contribution in [-0.2, 0) is 0 Å². The number of aliphatic imine (C=N–C) groups is 1. The molecule has 1 aromatic rings. The molecule has 1 aromatic carbocycles. The van der Waals surface area contributed by atoms with Crippen molar-refractivity contribution in [3.8, 4) is 0 Å². The van der Waals surface area contributed by atoms with Gasteiger partial charge in [0.15, 0.2) is 0 Å². The lowest BCUT2D eigenvalue weighted by Gasteiger charge is -1.93. The quantitative estimate of drug-likeness (QED) is 0.315. The van der Waals surface area contributed by atoms with Crippen LogP contribution in [0.25, 0.3) is 0 Å². The van der Waals surface area contributed by atoms with Gasteiger partial charge in [0.1, 0.15) is 5.69 Å². The topological polar surface area (TPSA) is 104 Å². The van der Waals surface area contributed by atoms with Crippen LogP contribution in [0.5, 0.6) is 0 Å². The van der Waals surface area contributed by atoms with Crippen LogP contribution >= 0.6 is 0 Å². The molecule has 1 rings (SSSR count). The molecular weight excluding hydrogens is 178 g/mol. The number of rotatable bonds is 1.